The third kappa shape index (κ3) is 3.48. The number of hydrogen-bond donors (Lipinski definition) is 0. The van der Waals surface area contributed by atoms with Gasteiger partial charge in [-0.3, -0.25) is 4.79 Å². The molecule has 0 N–H and O–H groups in total. The molecule has 1 amide bonds. The van der Waals surface area contributed by atoms with Crippen LogP contribution < -0.4 is 0 Å². The van der Waals surface area contributed by atoms with Gasteiger partial charge in [-0.25, -0.2) is 4.79 Å². The Labute approximate surface area is 154 Å². The van der Waals surface area contributed by atoms with E-state index in [-0.39, 0.29) is 12.5 Å². The maximum Gasteiger partial charge on any atom is 0.340 e. The van der Waals surface area contributed by atoms with Crippen molar-refractivity contribution in [1.82, 2.24) is 9.47 Å². The van der Waals surface area contributed by atoms with Crippen LogP contribution in [0.4, 0.5) is 0 Å². The molecule has 25 heavy (non-hydrogen) atoms. The third-order valence-corrected chi connectivity index (χ3v) is 4.98. The Morgan fingerprint density at radius 3 is 2.72 bits per heavy atom. The molecule has 1 atom stereocenters. The largest absolute Gasteiger partial charge is 0.462 e. The first-order valence-corrected chi connectivity index (χ1v) is 8.81. The van der Waals surface area contributed by atoms with E-state index in [1.165, 1.54) is 0 Å². The van der Waals surface area contributed by atoms with E-state index in [2.05, 4.69) is 15.9 Å². The summed E-state index contributed by atoms with van der Waals surface area (Å²) in [6, 6.07) is 11.3. The lowest BCUT2D eigenvalue weighted by Gasteiger charge is -2.33. The lowest BCUT2D eigenvalue weighted by atomic mass is 10.2. The van der Waals surface area contributed by atoms with Crippen molar-refractivity contribution in [2.45, 2.75) is 26.3 Å². The summed E-state index contributed by atoms with van der Waals surface area (Å²) in [6.45, 7) is 2.86. The number of aromatic nitrogens is 1. The van der Waals surface area contributed by atoms with Gasteiger partial charge in [-0.15, -0.1) is 0 Å². The van der Waals surface area contributed by atoms with E-state index in [1.54, 1.807) is 29.5 Å². The SMILES string of the molecule is CCOC(=O)c1cc2n(c1Br)CC(OCc1ccccc1)N(C)C2=O. The van der Waals surface area contributed by atoms with Crippen molar-refractivity contribution in [2.75, 3.05) is 13.7 Å². The second kappa shape index (κ2) is 7.41. The van der Waals surface area contributed by atoms with Crippen LogP contribution >= 0.6 is 15.9 Å². The number of nitrogens with zero attached hydrogens (tertiary/aromatic N) is 2. The first-order valence-electron chi connectivity index (χ1n) is 8.01. The molecule has 1 aromatic heterocycles. The van der Waals surface area contributed by atoms with Crippen LogP contribution in [0, 0.1) is 0 Å². The molecule has 3 rings (SSSR count). The molecular formula is C18H19BrN2O4. The monoisotopic (exact) mass is 406 g/mol. The van der Waals surface area contributed by atoms with Crippen molar-refractivity contribution in [3.05, 3.63) is 57.8 Å². The second-order valence-electron chi connectivity index (χ2n) is 5.73. The molecule has 132 valence electrons. The molecule has 1 aliphatic rings. The van der Waals surface area contributed by atoms with E-state index in [0.29, 0.717) is 29.0 Å². The van der Waals surface area contributed by atoms with Crippen molar-refractivity contribution in [3.8, 4) is 0 Å². The highest BCUT2D eigenvalue weighted by molar-refractivity contribution is 9.10. The maximum atomic E-state index is 12.6. The van der Waals surface area contributed by atoms with Crippen LogP contribution in [0.1, 0.15) is 33.3 Å². The van der Waals surface area contributed by atoms with Gasteiger partial charge in [-0.1, -0.05) is 30.3 Å². The highest BCUT2D eigenvalue weighted by Crippen LogP contribution is 2.29. The first kappa shape index (κ1) is 17.7. The molecule has 2 heterocycles. The predicted molar refractivity (Wildman–Crippen MR) is 95.2 cm³/mol. The summed E-state index contributed by atoms with van der Waals surface area (Å²) < 4.78 is 13.3. The van der Waals surface area contributed by atoms with Crippen molar-refractivity contribution >= 4 is 27.8 Å². The van der Waals surface area contributed by atoms with Gasteiger partial charge in [0.15, 0.2) is 6.23 Å². The molecule has 1 unspecified atom stereocenters. The Morgan fingerprint density at radius 1 is 1.32 bits per heavy atom. The predicted octanol–water partition coefficient (Wildman–Crippen LogP) is 3.06. The van der Waals surface area contributed by atoms with Crippen molar-refractivity contribution in [3.63, 3.8) is 0 Å². The van der Waals surface area contributed by atoms with E-state index in [0.717, 1.165) is 5.56 Å². The molecule has 0 radical (unpaired) electrons. The highest BCUT2D eigenvalue weighted by atomic mass is 79.9. The molecular weight excluding hydrogens is 388 g/mol. The summed E-state index contributed by atoms with van der Waals surface area (Å²) in [5.74, 6) is -0.644. The molecule has 0 saturated heterocycles. The number of ether oxygens (including phenoxy) is 2. The lowest BCUT2D eigenvalue weighted by Crippen LogP contribution is -2.46. The van der Waals surface area contributed by atoms with Gasteiger partial charge in [0.25, 0.3) is 5.91 Å². The normalized spacial score (nSPS) is 16.7. The van der Waals surface area contributed by atoms with Gasteiger partial charge in [0, 0.05) is 7.05 Å². The van der Waals surface area contributed by atoms with Crippen LogP contribution in [0.5, 0.6) is 0 Å². The van der Waals surface area contributed by atoms with Crippen LogP contribution in [-0.2, 0) is 22.6 Å². The molecule has 0 saturated carbocycles. The van der Waals surface area contributed by atoms with Crippen molar-refractivity contribution in [1.29, 1.82) is 0 Å². The fourth-order valence-electron chi connectivity index (χ4n) is 2.75. The molecule has 2 aromatic rings. The summed E-state index contributed by atoms with van der Waals surface area (Å²) in [5, 5.41) is 0. The van der Waals surface area contributed by atoms with Crippen LogP contribution in [0.25, 0.3) is 0 Å². The fraction of sp³-hybridized carbons (Fsp3) is 0.333. The van der Waals surface area contributed by atoms with Crippen LogP contribution in [-0.4, -0.2) is 41.2 Å². The zero-order chi connectivity index (χ0) is 18.0. The van der Waals surface area contributed by atoms with Crippen molar-refractivity contribution < 1.29 is 19.1 Å². The average Bonchev–Trinajstić information content (AvgIpc) is 2.95. The zero-order valence-electron chi connectivity index (χ0n) is 14.1. The molecule has 6 nitrogen and oxygen atoms in total. The molecule has 1 aromatic carbocycles. The molecule has 0 bridgehead atoms. The van der Waals surface area contributed by atoms with Crippen LogP contribution in [0.3, 0.4) is 0 Å². The Morgan fingerprint density at radius 2 is 2.04 bits per heavy atom. The zero-order valence-corrected chi connectivity index (χ0v) is 15.7. The highest BCUT2D eigenvalue weighted by Gasteiger charge is 2.34. The van der Waals surface area contributed by atoms with E-state index in [4.69, 9.17) is 9.47 Å². The number of carbonyl (C=O) groups is 2. The first-order chi connectivity index (χ1) is 12.0. The number of halogens is 1. The summed E-state index contributed by atoms with van der Waals surface area (Å²) in [4.78, 5) is 26.2. The summed E-state index contributed by atoms with van der Waals surface area (Å²) in [5.41, 5.74) is 1.83. The third-order valence-electron chi connectivity index (χ3n) is 4.12. The van der Waals surface area contributed by atoms with Crippen LogP contribution in [0.2, 0.25) is 0 Å². The topological polar surface area (TPSA) is 60.8 Å². The molecule has 0 fully saturated rings. The second-order valence-corrected chi connectivity index (χ2v) is 6.48. The quantitative estimate of drug-likeness (QED) is 0.715. The van der Waals surface area contributed by atoms with E-state index >= 15 is 0 Å². The van der Waals surface area contributed by atoms with Crippen LogP contribution in [0.15, 0.2) is 41.0 Å². The van der Waals surface area contributed by atoms with E-state index < -0.39 is 12.2 Å². The number of esters is 1. The van der Waals surface area contributed by atoms with E-state index in [1.807, 2.05) is 30.3 Å². The van der Waals surface area contributed by atoms with Gasteiger partial charge >= 0.3 is 5.97 Å². The van der Waals surface area contributed by atoms with Gasteiger partial charge in [-0.05, 0) is 34.5 Å². The summed E-state index contributed by atoms with van der Waals surface area (Å²) >= 11 is 3.41. The Bertz CT molecular complexity index is 788. The average molecular weight is 407 g/mol. The number of hydrogen-bond acceptors (Lipinski definition) is 4. The van der Waals surface area contributed by atoms with Crippen molar-refractivity contribution in [2.24, 2.45) is 0 Å². The number of likely N-dealkylation sites (N-methyl/N-ethyl adjacent to an activating group) is 1. The Kier molecular flexibility index (Phi) is 5.24. The number of benzene rings is 1. The molecule has 0 aliphatic carbocycles. The van der Waals surface area contributed by atoms with Gasteiger partial charge < -0.3 is 18.9 Å². The maximum absolute atomic E-state index is 12.6. The Balaban J connectivity index is 1.81. The number of amides is 1. The number of rotatable bonds is 5. The molecule has 1 aliphatic heterocycles. The Hall–Kier alpha value is -2.12. The van der Waals surface area contributed by atoms with Gasteiger partial charge in [0.2, 0.25) is 0 Å². The standard InChI is InChI=1S/C18H19BrN2O4/c1-3-24-18(23)13-9-14-17(22)20(2)15(10-21(14)16(13)19)25-11-12-7-5-4-6-8-12/h4-9,15H,3,10-11H2,1-2H3. The smallest absolute Gasteiger partial charge is 0.340 e. The summed E-state index contributed by atoms with van der Waals surface area (Å²) in [6.07, 6.45) is -0.418. The minimum Gasteiger partial charge on any atom is -0.462 e. The lowest BCUT2D eigenvalue weighted by molar-refractivity contribution is -0.0609. The van der Waals surface area contributed by atoms with Gasteiger partial charge in [0.1, 0.15) is 10.3 Å². The summed E-state index contributed by atoms with van der Waals surface area (Å²) in [7, 11) is 1.70. The van der Waals surface area contributed by atoms with Gasteiger partial charge in [-0.2, -0.15) is 0 Å². The fourth-order valence-corrected chi connectivity index (χ4v) is 3.37. The number of fused-ring (bicyclic) bond motifs is 1. The minimum atomic E-state index is -0.450. The molecule has 0 spiro atoms. The minimum absolute atomic E-state index is 0.194. The molecule has 7 heteroatoms. The van der Waals surface area contributed by atoms with E-state index in [9.17, 15) is 9.59 Å². The number of carbonyl (C=O) groups excluding carboxylic acids is 2. The van der Waals surface area contributed by atoms with Gasteiger partial charge in [0.05, 0.1) is 25.3 Å².